The first kappa shape index (κ1) is 20.0. The van der Waals surface area contributed by atoms with Gasteiger partial charge in [0.15, 0.2) is 6.10 Å². The van der Waals surface area contributed by atoms with Crippen LogP contribution in [0, 0.1) is 25.7 Å². The molecule has 1 heterocycles. The number of hydrogen-bond donors (Lipinski definition) is 0. The molecular weight excluding hydrogens is 368 g/mol. The summed E-state index contributed by atoms with van der Waals surface area (Å²) < 4.78 is 36.2. The Balaban J connectivity index is 1.79. The highest BCUT2D eigenvalue weighted by atomic mass is 19.3. The number of esters is 1. The van der Waals surface area contributed by atoms with Crippen LogP contribution in [0.1, 0.15) is 42.0 Å². The second-order valence-electron chi connectivity index (χ2n) is 7.26. The third-order valence-electron chi connectivity index (χ3n) is 5.09. The van der Waals surface area contributed by atoms with Crippen LogP contribution in [0.4, 0.5) is 8.78 Å². The fraction of sp³-hybridized carbons (Fsp3) is 0.429. The Hall–Kier alpha value is -2.70. The number of carbonyl (C=O) groups excluding carboxylic acids is 2. The number of aromatic nitrogens is 1. The molecule has 1 aromatic carbocycles. The van der Waals surface area contributed by atoms with Crippen LogP contribution in [-0.2, 0) is 9.53 Å². The van der Waals surface area contributed by atoms with E-state index in [4.69, 9.17) is 4.74 Å². The van der Waals surface area contributed by atoms with Gasteiger partial charge in [-0.3, -0.25) is 9.59 Å². The molecule has 1 saturated carbocycles. The number of carbonyl (C=O) groups is 2. The highest BCUT2D eigenvalue weighted by molar-refractivity contribution is 6.01. The first-order valence-corrected chi connectivity index (χ1v) is 9.18. The Morgan fingerprint density at radius 2 is 1.79 bits per heavy atom. The number of Topliss-reactive ketones (excluding diaryl/α,β-unsaturated/α-hetero) is 1. The Morgan fingerprint density at radius 3 is 2.32 bits per heavy atom. The molecule has 0 amide bonds. The van der Waals surface area contributed by atoms with Gasteiger partial charge < -0.3 is 14.0 Å². The summed E-state index contributed by atoms with van der Waals surface area (Å²) in [4.78, 5) is 24.8. The lowest BCUT2D eigenvalue weighted by Gasteiger charge is -2.13. The van der Waals surface area contributed by atoms with Crippen molar-refractivity contribution in [1.82, 2.24) is 4.57 Å². The van der Waals surface area contributed by atoms with Gasteiger partial charge in [-0.1, -0.05) is 6.92 Å². The summed E-state index contributed by atoms with van der Waals surface area (Å²) in [6.07, 6.45) is -0.0597. The maximum absolute atomic E-state index is 12.8. The monoisotopic (exact) mass is 391 g/mol. The number of ether oxygens (including phenoxy) is 2. The van der Waals surface area contributed by atoms with Crippen LogP contribution in [-0.4, -0.2) is 29.0 Å². The summed E-state index contributed by atoms with van der Waals surface area (Å²) in [5, 5.41) is 0. The summed E-state index contributed by atoms with van der Waals surface area (Å²) in [7, 11) is 0. The lowest BCUT2D eigenvalue weighted by atomic mass is 10.1. The average Bonchev–Trinajstić information content (AvgIpc) is 3.29. The van der Waals surface area contributed by atoms with Crippen molar-refractivity contribution in [1.29, 1.82) is 0 Å². The second-order valence-corrected chi connectivity index (χ2v) is 7.26. The first-order valence-electron chi connectivity index (χ1n) is 9.18. The number of benzene rings is 1. The molecule has 0 N–H and O–H groups in total. The van der Waals surface area contributed by atoms with Crippen LogP contribution in [0.3, 0.4) is 0 Å². The van der Waals surface area contributed by atoms with Crippen molar-refractivity contribution in [3.63, 3.8) is 0 Å². The molecule has 2 aromatic rings. The molecule has 0 spiro atoms. The smallest absolute Gasteiger partial charge is 0.387 e. The molecular formula is C21H23F2NO4. The van der Waals surface area contributed by atoms with Gasteiger partial charge in [0.2, 0.25) is 5.78 Å². The third kappa shape index (κ3) is 4.08. The molecule has 5 nitrogen and oxygen atoms in total. The average molecular weight is 391 g/mol. The van der Waals surface area contributed by atoms with Crippen molar-refractivity contribution in [3.8, 4) is 11.4 Å². The number of hydrogen-bond acceptors (Lipinski definition) is 4. The zero-order chi connectivity index (χ0) is 20.6. The number of alkyl halides is 2. The maximum atomic E-state index is 12.8. The van der Waals surface area contributed by atoms with Gasteiger partial charge in [-0.05, 0) is 63.4 Å². The standard InChI is InChI=1S/C21H23F2NO4/c1-11-9-17(11)20(26)27-14(4)19(25)18-10-12(2)24(13(18)3)15-5-7-16(8-6-15)28-21(22)23/h5-8,10-11,14,17,21H,9H2,1-4H3. The molecule has 7 heteroatoms. The Labute approximate surface area is 162 Å². The lowest BCUT2D eigenvalue weighted by molar-refractivity contribution is -0.148. The van der Waals surface area contributed by atoms with E-state index in [2.05, 4.69) is 4.74 Å². The fourth-order valence-corrected chi connectivity index (χ4v) is 3.37. The lowest BCUT2D eigenvalue weighted by Crippen LogP contribution is -2.25. The molecule has 3 unspecified atom stereocenters. The van der Waals surface area contributed by atoms with E-state index >= 15 is 0 Å². The summed E-state index contributed by atoms with van der Waals surface area (Å²) in [5.74, 6) is -0.309. The van der Waals surface area contributed by atoms with E-state index < -0.39 is 12.7 Å². The first-order chi connectivity index (χ1) is 13.2. The van der Waals surface area contributed by atoms with Crippen molar-refractivity contribution >= 4 is 11.8 Å². The highest BCUT2D eigenvalue weighted by Gasteiger charge is 2.41. The van der Waals surface area contributed by atoms with Gasteiger partial charge >= 0.3 is 12.6 Å². The van der Waals surface area contributed by atoms with Gasteiger partial charge in [0, 0.05) is 22.6 Å². The Bertz CT molecular complexity index is 889. The molecule has 1 aliphatic carbocycles. The summed E-state index contributed by atoms with van der Waals surface area (Å²) in [6, 6.07) is 7.92. The minimum atomic E-state index is -2.88. The topological polar surface area (TPSA) is 57.5 Å². The SMILES string of the molecule is Cc1cc(C(=O)C(C)OC(=O)C2CC2C)c(C)n1-c1ccc(OC(F)F)cc1. The molecule has 1 aromatic heterocycles. The molecule has 150 valence electrons. The molecule has 0 radical (unpaired) electrons. The molecule has 3 atom stereocenters. The molecule has 0 bridgehead atoms. The number of nitrogens with zero attached hydrogens (tertiary/aromatic N) is 1. The van der Waals surface area contributed by atoms with Gasteiger partial charge in [-0.2, -0.15) is 8.78 Å². The van der Waals surface area contributed by atoms with Gasteiger partial charge in [-0.15, -0.1) is 0 Å². The van der Waals surface area contributed by atoms with Crippen LogP contribution in [0.5, 0.6) is 5.75 Å². The van der Waals surface area contributed by atoms with Gasteiger partial charge in [-0.25, -0.2) is 0 Å². The van der Waals surface area contributed by atoms with Crippen molar-refractivity contribution < 1.29 is 27.8 Å². The minimum absolute atomic E-state index is 0.0624. The number of ketones is 1. The van der Waals surface area contributed by atoms with Crippen LogP contribution in [0.25, 0.3) is 5.69 Å². The van der Waals surface area contributed by atoms with Crippen molar-refractivity contribution in [3.05, 3.63) is 47.3 Å². The van der Waals surface area contributed by atoms with Crippen LogP contribution < -0.4 is 4.74 Å². The van der Waals surface area contributed by atoms with E-state index in [0.717, 1.165) is 12.1 Å². The predicted molar refractivity (Wildman–Crippen MR) is 99.0 cm³/mol. The van der Waals surface area contributed by atoms with E-state index in [1.54, 1.807) is 32.0 Å². The molecule has 28 heavy (non-hydrogen) atoms. The summed E-state index contributed by atoms with van der Waals surface area (Å²) in [6.45, 7) is 4.31. The summed E-state index contributed by atoms with van der Waals surface area (Å²) in [5.41, 5.74) is 2.67. The van der Waals surface area contributed by atoms with Crippen molar-refractivity contribution in [2.75, 3.05) is 0 Å². The number of halogens is 2. The van der Waals surface area contributed by atoms with E-state index in [0.29, 0.717) is 22.9 Å². The zero-order valence-electron chi connectivity index (χ0n) is 16.2. The highest BCUT2D eigenvalue weighted by Crippen LogP contribution is 2.39. The van der Waals surface area contributed by atoms with Crippen molar-refractivity contribution in [2.45, 2.75) is 46.8 Å². The molecule has 0 aliphatic heterocycles. The van der Waals surface area contributed by atoms with E-state index in [9.17, 15) is 18.4 Å². The van der Waals surface area contributed by atoms with E-state index in [1.165, 1.54) is 12.1 Å². The van der Waals surface area contributed by atoms with E-state index in [1.807, 2.05) is 18.4 Å². The van der Waals surface area contributed by atoms with Crippen LogP contribution in [0.2, 0.25) is 0 Å². The molecule has 1 fully saturated rings. The van der Waals surface area contributed by atoms with E-state index in [-0.39, 0.29) is 23.4 Å². The Kier molecular flexibility index (Phi) is 5.54. The summed E-state index contributed by atoms with van der Waals surface area (Å²) >= 11 is 0. The predicted octanol–water partition coefficient (Wildman–Crippen LogP) is 4.47. The third-order valence-corrected chi connectivity index (χ3v) is 5.09. The molecule has 1 aliphatic rings. The zero-order valence-corrected chi connectivity index (χ0v) is 16.2. The fourth-order valence-electron chi connectivity index (χ4n) is 3.37. The van der Waals surface area contributed by atoms with Gasteiger partial charge in [0.1, 0.15) is 5.75 Å². The number of aryl methyl sites for hydroxylation is 1. The van der Waals surface area contributed by atoms with Gasteiger partial charge in [0.25, 0.3) is 0 Å². The van der Waals surface area contributed by atoms with Gasteiger partial charge in [0.05, 0.1) is 5.92 Å². The molecule has 0 saturated heterocycles. The number of rotatable bonds is 7. The molecule has 3 rings (SSSR count). The van der Waals surface area contributed by atoms with Crippen LogP contribution >= 0.6 is 0 Å². The Morgan fingerprint density at radius 1 is 1.18 bits per heavy atom. The largest absolute Gasteiger partial charge is 0.454 e. The normalized spacial score (nSPS) is 19.4. The van der Waals surface area contributed by atoms with Crippen molar-refractivity contribution in [2.24, 2.45) is 11.8 Å². The van der Waals surface area contributed by atoms with Crippen LogP contribution in [0.15, 0.2) is 30.3 Å². The quantitative estimate of drug-likeness (QED) is 0.516. The second kappa shape index (κ2) is 7.73. The maximum Gasteiger partial charge on any atom is 0.387 e. The minimum Gasteiger partial charge on any atom is -0.454 e.